The highest BCUT2D eigenvalue weighted by molar-refractivity contribution is 7.18. The second kappa shape index (κ2) is 8.99. The van der Waals surface area contributed by atoms with Gasteiger partial charge in [0.25, 0.3) is 0 Å². The fourth-order valence-electron chi connectivity index (χ4n) is 4.77. The maximum Gasteiger partial charge on any atom is 0.197 e. The number of pyridine rings is 1. The second-order valence-corrected chi connectivity index (χ2v) is 10.5. The summed E-state index contributed by atoms with van der Waals surface area (Å²) in [6.45, 7) is 14.4. The minimum atomic E-state index is 0.252. The number of fused-ring (bicyclic) bond motifs is 1. The Morgan fingerprint density at radius 1 is 1.18 bits per heavy atom. The Bertz CT molecular complexity index is 1290. The average Bonchev–Trinajstić information content (AvgIpc) is 3.56. The molecule has 4 aromatic heterocycles. The van der Waals surface area contributed by atoms with Gasteiger partial charge < -0.3 is 9.64 Å². The molecule has 5 rings (SSSR count). The predicted molar refractivity (Wildman–Crippen MR) is 136 cm³/mol. The molecule has 0 aliphatic carbocycles. The first-order valence-corrected chi connectivity index (χ1v) is 12.6. The van der Waals surface area contributed by atoms with E-state index < -0.39 is 0 Å². The van der Waals surface area contributed by atoms with Crippen molar-refractivity contribution in [1.82, 2.24) is 34.7 Å². The lowest BCUT2D eigenvalue weighted by Crippen LogP contribution is -2.53. The number of anilines is 1. The van der Waals surface area contributed by atoms with Crippen LogP contribution in [0.15, 0.2) is 24.8 Å². The first kappa shape index (κ1) is 22.8. The molecule has 4 aromatic rings. The van der Waals surface area contributed by atoms with Gasteiger partial charge in [-0.3, -0.25) is 10.00 Å². The van der Waals surface area contributed by atoms with Gasteiger partial charge in [0, 0.05) is 49.0 Å². The van der Waals surface area contributed by atoms with Crippen molar-refractivity contribution in [2.24, 2.45) is 0 Å². The number of ether oxygens (including phenoxy) is 1. The molecule has 10 heteroatoms. The first-order valence-electron chi connectivity index (χ1n) is 11.8. The van der Waals surface area contributed by atoms with Crippen molar-refractivity contribution in [3.63, 3.8) is 0 Å². The summed E-state index contributed by atoms with van der Waals surface area (Å²) in [5.74, 6) is 0.919. The van der Waals surface area contributed by atoms with Crippen molar-refractivity contribution in [3.05, 3.63) is 30.4 Å². The molecule has 9 nitrogen and oxygen atoms in total. The molecule has 0 bridgehead atoms. The predicted octanol–water partition coefficient (Wildman–Crippen LogP) is 4.29. The van der Waals surface area contributed by atoms with E-state index in [0.717, 1.165) is 47.2 Å². The number of thiazole rings is 1. The van der Waals surface area contributed by atoms with Crippen LogP contribution in [0.25, 0.3) is 27.6 Å². The molecule has 1 N–H and O–H groups in total. The Morgan fingerprint density at radius 2 is 2.00 bits per heavy atom. The summed E-state index contributed by atoms with van der Waals surface area (Å²) in [6, 6.07) is 3.00. The largest absolute Gasteiger partial charge is 0.493 e. The van der Waals surface area contributed by atoms with Gasteiger partial charge in [-0.1, -0.05) is 25.2 Å². The molecule has 1 aliphatic rings. The van der Waals surface area contributed by atoms with E-state index in [9.17, 15) is 0 Å². The molecule has 0 saturated carbocycles. The third-order valence-corrected chi connectivity index (χ3v) is 7.65. The van der Waals surface area contributed by atoms with Gasteiger partial charge in [-0.25, -0.2) is 14.5 Å². The van der Waals surface area contributed by atoms with Gasteiger partial charge in [-0.2, -0.15) is 10.2 Å². The molecule has 0 spiro atoms. The van der Waals surface area contributed by atoms with Crippen LogP contribution in [0, 0.1) is 0 Å². The van der Waals surface area contributed by atoms with Crippen molar-refractivity contribution in [2.45, 2.75) is 52.6 Å². The van der Waals surface area contributed by atoms with E-state index in [2.05, 4.69) is 59.6 Å². The van der Waals surface area contributed by atoms with Crippen LogP contribution in [0.4, 0.5) is 5.00 Å². The highest BCUT2D eigenvalue weighted by Crippen LogP contribution is 2.40. The van der Waals surface area contributed by atoms with E-state index in [1.165, 1.54) is 11.3 Å². The lowest BCUT2D eigenvalue weighted by molar-refractivity contribution is 0.186. The number of hydrogen-bond donors (Lipinski definition) is 1. The number of piperazine rings is 1. The number of rotatable bonds is 6. The van der Waals surface area contributed by atoms with Crippen LogP contribution < -0.4 is 9.64 Å². The van der Waals surface area contributed by atoms with Crippen LogP contribution >= 0.6 is 11.3 Å². The molecular formula is C24H32N8OS. The average molecular weight is 481 g/mol. The summed E-state index contributed by atoms with van der Waals surface area (Å²) < 4.78 is 7.29. The van der Waals surface area contributed by atoms with Crippen LogP contribution in [-0.2, 0) is 0 Å². The summed E-state index contributed by atoms with van der Waals surface area (Å²) in [4.78, 5) is 14.1. The Hall–Kier alpha value is -2.98. The van der Waals surface area contributed by atoms with Crippen molar-refractivity contribution >= 4 is 22.0 Å². The fourth-order valence-corrected chi connectivity index (χ4v) is 5.82. The molecule has 0 unspecified atom stereocenters. The van der Waals surface area contributed by atoms with E-state index >= 15 is 0 Å². The van der Waals surface area contributed by atoms with E-state index in [0.29, 0.717) is 23.5 Å². The van der Waals surface area contributed by atoms with Crippen LogP contribution in [0.5, 0.6) is 5.75 Å². The number of aromatic nitrogens is 6. The molecule has 180 valence electrons. The lowest BCUT2D eigenvalue weighted by atomic mass is 9.97. The molecule has 34 heavy (non-hydrogen) atoms. The minimum Gasteiger partial charge on any atom is -0.493 e. The van der Waals surface area contributed by atoms with Crippen LogP contribution in [0.3, 0.4) is 0 Å². The maximum atomic E-state index is 5.56. The monoisotopic (exact) mass is 480 g/mol. The molecule has 0 aromatic carbocycles. The number of hydrogen-bond acceptors (Lipinski definition) is 8. The van der Waals surface area contributed by atoms with Crippen molar-refractivity contribution in [2.75, 3.05) is 31.6 Å². The van der Waals surface area contributed by atoms with Gasteiger partial charge in [-0.15, -0.1) is 0 Å². The quantitative estimate of drug-likeness (QED) is 0.440. The van der Waals surface area contributed by atoms with Crippen LogP contribution in [0.1, 0.15) is 46.1 Å². The summed E-state index contributed by atoms with van der Waals surface area (Å²) in [6.07, 6.45) is 5.48. The summed E-state index contributed by atoms with van der Waals surface area (Å²) in [5.41, 5.74) is 4.62. The molecule has 0 radical (unpaired) electrons. The van der Waals surface area contributed by atoms with Gasteiger partial charge in [0.15, 0.2) is 11.4 Å². The third kappa shape index (κ3) is 3.94. The standard InChI is InChI=1S/C24H32N8OS/c1-14(2)20-21(17-9-18(33-6)23-26-13-27-32(23)12-17)28-29-22(20)24-25-10-19(34-24)31-8-7-30(15(3)4)11-16(31)5/h9-10,12-16H,7-8,11H2,1-6H3,(H,28,29)/t16-/m0/s1. The van der Waals surface area contributed by atoms with Gasteiger partial charge >= 0.3 is 0 Å². The van der Waals surface area contributed by atoms with Crippen LogP contribution in [-0.4, -0.2) is 73.5 Å². The molecule has 1 saturated heterocycles. The smallest absolute Gasteiger partial charge is 0.197 e. The minimum absolute atomic E-state index is 0.252. The number of nitrogens with zero attached hydrogens (tertiary/aromatic N) is 7. The maximum absolute atomic E-state index is 5.56. The van der Waals surface area contributed by atoms with Gasteiger partial charge in [0.05, 0.1) is 24.7 Å². The van der Waals surface area contributed by atoms with Crippen molar-refractivity contribution < 1.29 is 4.74 Å². The zero-order valence-corrected chi connectivity index (χ0v) is 21.4. The Morgan fingerprint density at radius 3 is 2.71 bits per heavy atom. The lowest BCUT2D eigenvalue weighted by Gasteiger charge is -2.42. The summed E-state index contributed by atoms with van der Waals surface area (Å²) in [5, 5.41) is 14.5. The highest BCUT2D eigenvalue weighted by atomic mass is 32.1. The van der Waals surface area contributed by atoms with Gasteiger partial charge in [0.2, 0.25) is 0 Å². The first-order chi connectivity index (χ1) is 16.4. The molecule has 1 aliphatic heterocycles. The zero-order valence-electron chi connectivity index (χ0n) is 20.6. The summed E-state index contributed by atoms with van der Waals surface area (Å²) in [7, 11) is 1.65. The van der Waals surface area contributed by atoms with E-state index in [-0.39, 0.29) is 5.92 Å². The van der Waals surface area contributed by atoms with Gasteiger partial charge in [-0.05, 0) is 32.8 Å². The number of methoxy groups -OCH3 is 1. The van der Waals surface area contributed by atoms with Crippen LogP contribution in [0.2, 0.25) is 0 Å². The number of nitrogens with one attached hydrogen (secondary N) is 1. The Labute approximate surface area is 203 Å². The van der Waals surface area contributed by atoms with E-state index in [4.69, 9.17) is 14.8 Å². The molecular weight excluding hydrogens is 448 g/mol. The number of aromatic amines is 1. The van der Waals surface area contributed by atoms with Crippen molar-refractivity contribution in [1.29, 1.82) is 0 Å². The normalized spacial score (nSPS) is 17.4. The summed E-state index contributed by atoms with van der Waals surface area (Å²) >= 11 is 1.73. The second-order valence-electron chi connectivity index (χ2n) is 9.48. The third-order valence-electron chi connectivity index (χ3n) is 6.60. The molecule has 1 atom stereocenters. The highest BCUT2D eigenvalue weighted by Gasteiger charge is 2.28. The molecule has 1 fully saturated rings. The van der Waals surface area contributed by atoms with E-state index in [1.54, 1.807) is 23.0 Å². The SMILES string of the molecule is COc1cc(-c2n[nH]c(-c3ncc(N4CCN(C(C)C)C[C@@H]4C)s3)c2C(C)C)cn2ncnc12. The Kier molecular flexibility index (Phi) is 6.03. The Balaban J connectivity index is 1.49. The van der Waals surface area contributed by atoms with E-state index in [1.807, 2.05) is 18.5 Å². The van der Waals surface area contributed by atoms with Crippen molar-refractivity contribution in [3.8, 4) is 27.7 Å². The number of H-pyrrole nitrogens is 1. The topological polar surface area (TPSA) is 87.5 Å². The molecule has 5 heterocycles. The fraction of sp³-hybridized carbons (Fsp3) is 0.500. The molecule has 0 amide bonds. The zero-order chi connectivity index (χ0) is 24.0. The van der Waals surface area contributed by atoms with Gasteiger partial charge in [0.1, 0.15) is 16.3 Å².